The zero-order valence-corrected chi connectivity index (χ0v) is 18.8. The summed E-state index contributed by atoms with van der Waals surface area (Å²) < 4.78 is 51.8. The summed E-state index contributed by atoms with van der Waals surface area (Å²) in [6.45, 7) is 3.96. The van der Waals surface area contributed by atoms with Crippen LogP contribution in [0, 0.1) is 0 Å². The highest BCUT2D eigenvalue weighted by Crippen LogP contribution is 2.33. The fourth-order valence-corrected chi connectivity index (χ4v) is 2.73. The number of rotatable bonds is 9. The highest BCUT2D eigenvalue weighted by Gasteiger charge is 2.32. The van der Waals surface area contributed by atoms with Gasteiger partial charge >= 0.3 is 12.5 Å². The lowest BCUT2D eigenvalue weighted by Gasteiger charge is -2.11. The lowest BCUT2D eigenvalue weighted by Crippen LogP contribution is -2.17. The molecule has 2 heterocycles. The Labute approximate surface area is 196 Å². The summed E-state index contributed by atoms with van der Waals surface area (Å²) in [7, 11) is 0. The average molecular weight is 501 g/mol. The van der Waals surface area contributed by atoms with Crippen molar-refractivity contribution in [1.82, 2.24) is 20.1 Å². The van der Waals surface area contributed by atoms with Gasteiger partial charge in [0, 0.05) is 11.8 Å². The van der Waals surface area contributed by atoms with Crippen molar-refractivity contribution >= 4 is 29.5 Å². The second-order valence-electron chi connectivity index (χ2n) is 6.90. The molecule has 1 amide bonds. The van der Waals surface area contributed by atoms with Crippen molar-refractivity contribution in [2.75, 3.05) is 17.2 Å². The van der Waals surface area contributed by atoms with Gasteiger partial charge in [0.2, 0.25) is 17.7 Å². The van der Waals surface area contributed by atoms with E-state index < -0.39 is 24.2 Å². The van der Waals surface area contributed by atoms with Crippen LogP contribution < -0.4 is 15.4 Å². The van der Waals surface area contributed by atoms with Gasteiger partial charge in [-0.05, 0) is 37.6 Å². The third-order valence-electron chi connectivity index (χ3n) is 4.19. The number of anilines is 2. The zero-order chi connectivity index (χ0) is 24.7. The SMILES string of the molecule is CCCCOC(=O)Nc1ccnc(NC(C)c2nc(-c3ccc(Cl)c(OC(F)(F)F)c3)no2)n1. The van der Waals surface area contributed by atoms with E-state index in [4.69, 9.17) is 20.9 Å². The predicted molar refractivity (Wildman–Crippen MR) is 115 cm³/mol. The van der Waals surface area contributed by atoms with Gasteiger partial charge in [-0.15, -0.1) is 13.2 Å². The molecule has 14 heteroatoms. The summed E-state index contributed by atoms with van der Waals surface area (Å²) >= 11 is 5.76. The summed E-state index contributed by atoms with van der Waals surface area (Å²) in [5.74, 6) is -0.0699. The first-order valence-corrected chi connectivity index (χ1v) is 10.4. The summed E-state index contributed by atoms with van der Waals surface area (Å²) in [6, 6.07) is 4.63. The van der Waals surface area contributed by atoms with E-state index in [0.717, 1.165) is 18.9 Å². The number of carbonyl (C=O) groups is 1. The maximum atomic E-state index is 12.6. The molecule has 0 bridgehead atoms. The smallest absolute Gasteiger partial charge is 0.449 e. The molecule has 1 unspecified atom stereocenters. The predicted octanol–water partition coefficient (Wildman–Crippen LogP) is 5.60. The lowest BCUT2D eigenvalue weighted by atomic mass is 10.2. The van der Waals surface area contributed by atoms with E-state index in [2.05, 4.69) is 35.5 Å². The van der Waals surface area contributed by atoms with Gasteiger partial charge in [-0.2, -0.15) is 9.97 Å². The van der Waals surface area contributed by atoms with Gasteiger partial charge in [-0.3, -0.25) is 5.32 Å². The molecule has 0 fully saturated rings. The monoisotopic (exact) mass is 500 g/mol. The molecule has 0 saturated heterocycles. The normalized spacial score (nSPS) is 12.2. The molecule has 0 radical (unpaired) electrons. The Balaban J connectivity index is 1.67. The number of aromatic nitrogens is 4. The molecule has 1 atom stereocenters. The molecule has 2 aromatic heterocycles. The van der Waals surface area contributed by atoms with Crippen molar-refractivity contribution in [3.05, 3.63) is 41.4 Å². The molecular weight excluding hydrogens is 481 g/mol. The maximum absolute atomic E-state index is 12.6. The number of halogens is 4. The third-order valence-corrected chi connectivity index (χ3v) is 4.50. The first-order valence-electron chi connectivity index (χ1n) is 10.1. The molecule has 1 aromatic carbocycles. The number of unbranched alkanes of at least 4 members (excludes halogenated alkanes) is 1. The molecule has 0 saturated carbocycles. The Bertz CT molecular complexity index is 1130. The largest absolute Gasteiger partial charge is 0.573 e. The second kappa shape index (κ2) is 11.0. The van der Waals surface area contributed by atoms with E-state index in [-0.39, 0.29) is 34.1 Å². The minimum Gasteiger partial charge on any atom is -0.449 e. The van der Waals surface area contributed by atoms with E-state index in [9.17, 15) is 18.0 Å². The Morgan fingerprint density at radius 2 is 2.06 bits per heavy atom. The van der Waals surface area contributed by atoms with Crippen LogP contribution in [-0.2, 0) is 4.74 Å². The molecule has 3 rings (SSSR count). The number of nitrogens with zero attached hydrogens (tertiary/aromatic N) is 4. The van der Waals surface area contributed by atoms with Gasteiger partial charge in [0.25, 0.3) is 0 Å². The van der Waals surface area contributed by atoms with Crippen LogP contribution in [-0.4, -0.2) is 39.2 Å². The van der Waals surface area contributed by atoms with Crippen molar-refractivity contribution in [3.63, 3.8) is 0 Å². The van der Waals surface area contributed by atoms with Crippen molar-refractivity contribution in [2.24, 2.45) is 0 Å². The van der Waals surface area contributed by atoms with Crippen LogP contribution in [0.25, 0.3) is 11.4 Å². The van der Waals surface area contributed by atoms with Crippen LogP contribution in [0.5, 0.6) is 5.75 Å². The van der Waals surface area contributed by atoms with Gasteiger partial charge in [0.05, 0.1) is 11.6 Å². The molecule has 0 spiro atoms. The number of ether oxygens (including phenoxy) is 2. The Hall–Kier alpha value is -3.61. The molecule has 0 aliphatic rings. The Morgan fingerprint density at radius 3 is 2.79 bits per heavy atom. The van der Waals surface area contributed by atoms with E-state index in [1.807, 2.05) is 6.92 Å². The second-order valence-corrected chi connectivity index (χ2v) is 7.30. The van der Waals surface area contributed by atoms with Crippen LogP contribution in [0.4, 0.5) is 29.7 Å². The summed E-state index contributed by atoms with van der Waals surface area (Å²) in [5, 5.41) is 9.00. The lowest BCUT2D eigenvalue weighted by molar-refractivity contribution is -0.274. The standard InChI is InChI=1S/C20H20ClF3N6O4/c1-3-4-9-32-19(31)28-15-7-8-25-18(27-15)26-11(2)17-29-16(30-34-17)12-5-6-13(21)14(10-12)33-20(22,23)24/h5-8,10-11H,3-4,9H2,1-2H3,(H2,25,26,27,28,31). The molecule has 182 valence electrons. The van der Waals surface area contributed by atoms with E-state index in [1.165, 1.54) is 24.4 Å². The summed E-state index contributed by atoms with van der Waals surface area (Å²) in [4.78, 5) is 24.2. The molecule has 10 nitrogen and oxygen atoms in total. The topological polar surface area (TPSA) is 124 Å². The van der Waals surface area contributed by atoms with Crippen LogP contribution >= 0.6 is 11.6 Å². The van der Waals surface area contributed by atoms with Crippen molar-refractivity contribution in [3.8, 4) is 17.1 Å². The number of hydrogen-bond acceptors (Lipinski definition) is 9. The first kappa shape index (κ1) is 25.0. The summed E-state index contributed by atoms with van der Waals surface area (Å²) in [6.07, 6.45) is -2.47. The fraction of sp³-hybridized carbons (Fsp3) is 0.350. The van der Waals surface area contributed by atoms with Crippen LogP contribution in [0.3, 0.4) is 0 Å². The van der Waals surface area contributed by atoms with E-state index >= 15 is 0 Å². The fourth-order valence-electron chi connectivity index (χ4n) is 2.58. The minimum atomic E-state index is -4.90. The van der Waals surface area contributed by atoms with Crippen LogP contribution in [0.1, 0.15) is 38.6 Å². The quantitative estimate of drug-likeness (QED) is 0.361. The van der Waals surface area contributed by atoms with Gasteiger partial charge in [-0.25, -0.2) is 9.78 Å². The number of nitrogens with one attached hydrogen (secondary N) is 2. The van der Waals surface area contributed by atoms with E-state index in [0.29, 0.717) is 6.61 Å². The van der Waals surface area contributed by atoms with Gasteiger partial charge < -0.3 is 19.3 Å². The number of alkyl halides is 3. The Morgan fingerprint density at radius 1 is 1.26 bits per heavy atom. The van der Waals surface area contributed by atoms with Crippen molar-refractivity contribution in [2.45, 2.75) is 39.1 Å². The van der Waals surface area contributed by atoms with E-state index in [1.54, 1.807) is 6.92 Å². The molecule has 0 aliphatic heterocycles. The number of hydrogen-bond donors (Lipinski definition) is 2. The summed E-state index contributed by atoms with van der Waals surface area (Å²) in [5.41, 5.74) is 0.204. The maximum Gasteiger partial charge on any atom is 0.573 e. The molecule has 0 aliphatic carbocycles. The van der Waals surface area contributed by atoms with Gasteiger partial charge in [-0.1, -0.05) is 30.1 Å². The first-order chi connectivity index (χ1) is 16.1. The van der Waals surface area contributed by atoms with Crippen molar-refractivity contribution in [1.29, 1.82) is 0 Å². The molecule has 34 heavy (non-hydrogen) atoms. The number of amides is 1. The number of carbonyl (C=O) groups excluding carboxylic acids is 1. The van der Waals surface area contributed by atoms with Crippen molar-refractivity contribution < 1.29 is 32.0 Å². The highest BCUT2D eigenvalue weighted by molar-refractivity contribution is 6.32. The van der Waals surface area contributed by atoms with Crippen LogP contribution in [0.2, 0.25) is 5.02 Å². The minimum absolute atomic E-state index is 0.0264. The van der Waals surface area contributed by atoms with Crippen LogP contribution in [0.15, 0.2) is 35.0 Å². The Kier molecular flexibility index (Phi) is 8.10. The number of benzene rings is 1. The zero-order valence-electron chi connectivity index (χ0n) is 18.0. The van der Waals surface area contributed by atoms with Gasteiger partial charge in [0.15, 0.2) is 0 Å². The molecule has 2 N–H and O–H groups in total. The highest BCUT2D eigenvalue weighted by atomic mass is 35.5. The average Bonchev–Trinajstić information content (AvgIpc) is 3.25. The third kappa shape index (κ3) is 7.20. The molecule has 3 aromatic rings. The van der Waals surface area contributed by atoms with Gasteiger partial charge in [0.1, 0.15) is 17.6 Å². The molecular formula is C20H20ClF3N6O4.